The molecule has 0 saturated carbocycles. The van der Waals surface area contributed by atoms with E-state index in [-0.39, 0.29) is 11.6 Å². The highest BCUT2D eigenvalue weighted by Crippen LogP contribution is 2.10. The van der Waals surface area contributed by atoms with Gasteiger partial charge in [-0.3, -0.25) is 14.2 Å². The molecule has 7 nitrogen and oxygen atoms in total. The molecular weight excluding hydrogens is 256 g/mol. The fraction of sp³-hybridized carbons (Fsp3) is 0.462. The summed E-state index contributed by atoms with van der Waals surface area (Å²) in [5.41, 5.74) is 8.50. The Morgan fingerprint density at radius 2 is 2.15 bits per heavy atom. The number of nitrogens with two attached hydrogens (primary N) is 1. The monoisotopic (exact) mass is 276 g/mol. The van der Waals surface area contributed by atoms with Crippen LogP contribution in [0.3, 0.4) is 0 Å². The number of carbonyl (C=O) groups excluding carboxylic acids is 1. The molecule has 2 aromatic heterocycles. The van der Waals surface area contributed by atoms with Crippen LogP contribution in [0.2, 0.25) is 0 Å². The van der Waals surface area contributed by atoms with Crippen molar-refractivity contribution in [2.75, 3.05) is 5.73 Å². The van der Waals surface area contributed by atoms with Crippen LogP contribution in [0.15, 0.2) is 12.4 Å². The first-order valence-electron chi connectivity index (χ1n) is 6.69. The van der Waals surface area contributed by atoms with E-state index in [0.717, 1.165) is 17.8 Å². The normalized spacial score (nSPS) is 10.8. The van der Waals surface area contributed by atoms with Crippen LogP contribution in [-0.2, 0) is 19.6 Å². The number of hydrogen-bond acceptors (Lipinski definition) is 4. The van der Waals surface area contributed by atoms with Crippen molar-refractivity contribution in [3.63, 3.8) is 0 Å². The highest BCUT2D eigenvalue weighted by molar-refractivity contribution is 5.96. The molecule has 0 spiro atoms. The van der Waals surface area contributed by atoms with Gasteiger partial charge in [0.15, 0.2) is 5.69 Å². The topological polar surface area (TPSA) is 90.8 Å². The number of aromatic nitrogens is 4. The molecule has 7 heteroatoms. The van der Waals surface area contributed by atoms with Gasteiger partial charge in [-0.2, -0.15) is 10.2 Å². The maximum Gasteiger partial charge on any atom is 0.274 e. The van der Waals surface area contributed by atoms with Gasteiger partial charge in [-0.1, -0.05) is 0 Å². The molecule has 0 radical (unpaired) electrons. The lowest BCUT2D eigenvalue weighted by molar-refractivity contribution is 0.0946. The number of amides is 1. The van der Waals surface area contributed by atoms with Gasteiger partial charge in [0.25, 0.3) is 5.91 Å². The molecular formula is C13H20N6O. The molecule has 0 fully saturated rings. The smallest absolute Gasteiger partial charge is 0.274 e. The lowest BCUT2D eigenvalue weighted by Gasteiger charge is -2.04. The molecule has 0 atom stereocenters. The Balaban J connectivity index is 2.04. The number of rotatable bonds is 5. The van der Waals surface area contributed by atoms with E-state index in [1.165, 1.54) is 0 Å². The van der Waals surface area contributed by atoms with Crippen molar-refractivity contribution in [2.45, 2.75) is 40.4 Å². The van der Waals surface area contributed by atoms with Crippen LogP contribution in [0.4, 0.5) is 5.69 Å². The van der Waals surface area contributed by atoms with E-state index >= 15 is 0 Å². The molecule has 0 unspecified atom stereocenters. The van der Waals surface area contributed by atoms with Gasteiger partial charge in [-0.25, -0.2) is 0 Å². The summed E-state index contributed by atoms with van der Waals surface area (Å²) in [6.45, 7) is 7.87. The average molecular weight is 276 g/mol. The van der Waals surface area contributed by atoms with Crippen molar-refractivity contribution in [3.05, 3.63) is 29.3 Å². The van der Waals surface area contributed by atoms with Gasteiger partial charge in [-0.05, 0) is 20.8 Å². The van der Waals surface area contributed by atoms with Gasteiger partial charge in [0.1, 0.15) is 0 Å². The van der Waals surface area contributed by atoms with Crippen LogP contribution in [-0.4, -0.2) is 25.5 Å². The summed E-state index contributed by atoms with van der Waals surface area (Å²) in [7, 11) is 0. The van der Waals surface area contributed by atoms with E-state index in [1.54, 1.807) is 17.1 Å². The van der Waals surface area contributed by atoms with Gasteiger partial charge < -0.3 is 11.1 Å². The maximum absolute atomic E-state index is 12.1. The molecule has 0 aliphatic heterocycles. The zero-order chi connectivity index (χ0) is 14.7. The zero-order valence-electron chi connectivity index (χ0n) is 12.1. The van der Waals surface area contributed by atoms with E-state index < -0.39 is 0 Å². The second kappa shape index (κ2) is 5.77. The summed E-state index contributed by atoms with van der Waals surface area (Å²) in [4.78, 5) is 12.1. The van der Waals surface area contributed by atoms with E-state index in [9.17, 15) is 4.79 Å². The summed E-state index contributed by atoms with van der Waals surface area (Å²) < 4.78 is 3.53. The Labute approximate surface area is 117 Å². The summed E-state index contributed by atoms with van der Waals surface area (Å²) in [6.07, 6.45) is 3.43. The Kier molecular flexibility index (Phi) is 4.07. The third kappa shape index (κ3) is 2.66. The molecule has 2 heterocycles. The predicted molar refractivity (Wildman–Crippen MR) is 76.1 cm³/mol. The Hall–Kier alpha value is -2.31. The third-order valence-electron chi connectivity index (χ3n) is 3.27. The number of nitrogen functional groups attached to an aromatic ring is 1. The maximum atomic E-state index is 12.1. The molecule has 108 valence electrons. The zero-order valence-corrected chi connectivity index (χ0v) is 12.1. The minimum absolute atomic E-state index is 0.265. The third-order valence-corrected chi connectivity index (χ3v) is 3.27. The van der Waals surface area contributed by atoms with Crippen LogP contribution < -0.4 is 11.1 Å². The van der Waals surface area contributed by atoms with Crippen molar-refractivity contribution in [3.8, 4) is 0 Å². The molecule has 0 aliphatic carbocycles. The molecule has 0 bridgehead atoms. The first-order chi connectivity index (χ1) is 9.56. The van der Waals surface area contributed by atoms with Crippen molar-refractivity contribution >= 4 is 11.6 Å². The second-order valence-electron chi connectivity index (χ2n) is 4.54. The minimum Gasteiger partial charge on any atom is -0.396 e. The van der Waals surface area contributed by atoms with Crippen LogP contribution in [0.25, 0.3) is 0 Å². The second-order valence-corrected chi connectivity index (χ2v) is 4.54. The van der Waals surface area contributed by atoms with Crippen LogP contribution in [0, 0.1) is 6.92 Å². The average Bonchev–Trinajstić information content (AvgIpc) is 2.99. The summed E-state index contributed by atoms with van der Waals surface area (Å²) in [5.74, 6) is -0.265. The van der Waals surface area contributed by atoms with Gasteiger partial charge in [-0.15, -0.1) is 0 Å². The predicted octanol–water partition coefficient (Wildman–Crippen LogP) is 0.940. The Morgan fingerprint density at radius 1 is 1.40 bits per heavy atom. The fourth-order valence-electron chi connectivity index (χ4n) is 2.01. The van der Waals surface area contributed by atoms with Crippen LogP contribution in [0.5, 0.6) is 0 Å². The van der Waals surface area contributed by atoms with Gasteiger partial charge >= 0.3 is 0 Å². The fourth-order valence-corrected chi connectivity index (χ4v) is 2.01. The summed E-state index contributed by atoms with van der Waals surface area (Å²) in [5, 5.41) is 11.2. The Morgan fingerprint density at radius 3 is 2.70 bits per heavy atom. The van der Waals surface area contributed by atoms with Crippen LogP contribution in [0.1, 0.15) is 35.6 Å². The van der Waals surface area contributed by atoms with Crippen LogP contribution >= 0.6 is 0 Å². The number of anilines is 1. The van der Waals surface area contributed by atoms with Crippen molar-refractivity contribution in [2.24, 2.45) is 0 Å². The molecule has 1 amide bonds. The number of hydrogen-bond donors (Lipinski definition) is 2. The largest absolute Gasteiger partial charge is 0.396 e. The lowest BCUT2D eigenvalue weighted by atomic mass is 10.2. The van der Waals surface area contributed by atoms with E-state index in [0.29, 0.717) is 18.8 Å². The van der Waals surface area contributed by atoms with Crippen molar-refractivity contribution < 1.29 is 4.79 Å². The first-order valence-corrected chi connectivity index (χ1v) is 6.69. The van der Waals surface area contributed by atoms with Crippen molar-refractivity contribution in [1.29, 1.82) is 0 Å². The van der Waals surface area contributed by atoms with Gasteiger partial charge in [0.2, 0.25) is 0 Å². The number of nitrogens with one attached hydrogen (secondary N) is 1. The molecule has 3 N–H and O–H groups in total. The van der Waals surface area contributed by atoms with Gasteiger partial charge in [0.05, 0.1) is 11.9 Å². The SMILES string of the molecule is CCn1cc(N)c(C(=O)NCc2cnn(CC)c2C)n1. The number of nitrogens with zero attached hydrogens (tertiary/aromatic N) is 4. The summed E-state index contributed by atoms with van der Waals surface area (Å²) >= 11 is 0. The summed E-state index contributed by atoms with van der Waals surface area (Å²) in [6, 6.07) is 0. The van der Waals surface area contributed by atoms with Gasteiger partial charge in [0, 0.05) is 37.1 Å². The molecule has 0 aromatic carbocycles. The molecule has 2 aromatic rings. The highest BCUT2D eigenvalue weighted by Gasteiger charge is 2.15. The first kappa shape index (κ1) is 14.1. The van der Waals surface area contributed by atoms with E-state index in [4.69, 9.17) is 5.73 Å². The lowest BCUT2D eigenvalue weighted by Crippen LogP contribution is -2.24. The van der Waals surface area contributed by atoms with E-state index in [1.807, 2.05) is 25.5 Å². The van der Waals surface area contributed by atoms with Crippen molar-refractivity contribution in [1.82, 2.24) is 24.9 Å². The molecule has 0 aliphatic rings. The molecule has 0 saturated heterocycles. The quantitative estimate of drug-likeness (QED) is 0.850. The number of aryl methyl sites for hydroxylation is 2. The standard InChI is InChI=1S/C13H20N6O/c1-4-18-8-11(14)12(17-18)13(20)15-6-10-7-16-19(5-2)9(10)3/h7-8H,4-6,14H2,1-3H3,(H,15,20). The molecule has 20 heavy (non-hydrogen) atoms. The Bertz CT molecular complexity index is 612. The molecule has 2 rings (SSSR count). The van der Waals surface area contributed by atoms with E-state index in [2.05, 4.69) is 15.5 Å². The minimum atomic E-state index is -0.265. The highest BCUT2D eigenvalue weighted by atomic mass is 16.2. The number of carbonyl (C=O) groups is 1.